The molecule has 0 unspecified atom stereocenters. The molecule has 1 aromatic carbocycles. The lowest BCUT2D eigenvalue weighted by Gasteiger charge is -2.08. The normalized spacial score (nSPS) is 11.0. The van der Waals surface area contributed by atoms with Crippen LogP contribution in [-0.2, 0) is 11.3 Å². The maximum Gasteiger partial charge on any atom is 0.303 e. The van der Waals surface area contributed by atoms with E-state index in [-0.39, 0.29) is 12.0 Å². The van der Waals surface area contributed by atoms with Gasteiger partial charge in [0, 0.05) is 17.8 Å². The number of hydrogen-bond donors (Lipinski definition) is 1. The van der Waals surface area contributed by atoms with Crippen LogP contribution in [0.2, 0.25) is 0 Å². The standard InChI is InChI=1S/C17H16N2O3S/c1-11-18-16-13(17(22)19(11)9-5-8-15(20)21)10-14(23-16)12-6-3-2-4-7-12/h2-4,6-7,10H,5,8-9H2,1H3,(H,20,21). The Morgan fingerprint density at radius 1 is 1.30 bits per heavy atom. The lowest BCUT2D eigenvalue weighted by molar-refractivity contribution is -0.137. The maximum atomic E-state index is 12.7. The second kappa shape index (κ2) is 6.34. The second-order valence-corrected chi connectivity index (χ2v) is 6.34. The first-order valence-electron chi connectivity index (χ1n) is 7.34. The summed E-state index contributed by atoms with van der Waals surface area (Å²) in [6, 6.07) is 11.8. The SMILES string of the molecule is Cc1nc2sc(-c3ccccc3)cc2c(=O)n1CCCC(=O)O. The molecule has 3 aromatic rings. The van der Waals surface area contributed by atoms with E-state index in [1.54, 1.807) is 11.5 Å². The molecule has 0 aliphatic rings. The molecule has 118 valence electrons. The molecule has 6 heteroatoms. The third-order valence-corrected chi connectivity index (χ3v) is 4.75. The highest BCUT2D eigenvalue weighted by Gasteiger charge is 2.13. The number of carbonyl (C=O) groups is 1. The fourth-order valence-corrected chi connectivity index (χ4v) is 3.59. The third-order valence-electron chi connectivity index (χ3n) is 3.67. The highest BCUT2D eigenvalue weighted by Crippen LogP contribution is 2.30. The minimum atomic E-state index is -0.855. The molecule has 3 rings (SSSR count). The molecule has 2 aromatic heterocycles. The number of aromatic nitrogens is 2. The van der Waals surface area contributed by atoms with E-state index in [4.69, 9.17) is 5.11 Å². The summed E-state index contributed by atoms with van der Waals surface area (Å²) in [6.07, 6.45) is 0.460. The number of hydrogen-bond acceptors (Lipinski definition) is 4. The number of carboxylic acid groups (broad SMARTS) is 1. The predicted molar refractivity (Wildman–Crippen MR) is 90.9 cm³/mol. The van der Waals surface area contributed by atoms with Gasteiger partial charge in [0.2, 0.25) is 0 Å². The Morgan fingerprint density at radius 2 is 2.04 bits per heavy atom. The smallest absolute Gasteiger partial charge is 0.303 e. The first-order chi connectivity index (χ1) is 11.1. The minimum Gasteiger partial charge on any atom is -0.481 e. The van der Waals surface area contributed by atoms with Gasteiger partial charge in [0.25, 0.3) is 5.56 Å². The maximum absolute atomic E-state index is 12.7. The van der Waals surface area contributed by atoms with Crippen LogP contribution in [0.5, 0.6) is 0 Å². The number of aliphatic carboxylic acids is 1. The molecule has 23 heavy (non-hydrogen) atoms. The van der Waals surface area contributed by atoms with Gasteiger partial charge in [-0.25, -0.2) is 4.98 Å². The number of rotatable bonds is 5. The van der Waals surface area contributed by atoms with Crippen LogP contribution < -0.4 is 5.56 Å². The lowest BCUT2D eigenvalue weighted by Crippen LogP contribution is -2.23. The van der Waals surface area contributed by atoms with E-state index in [0.717, 1.165) is 15.3 Å². The molecule has 0 bridgehead atoms. The average Bonchev–Trinajstić information content (AvgIpc) is 2.95. The Morgan fingerprint density at radius 3 is 2.74 bits per heavy atom. The highest BCUT2D eigenvalue weighted by molar-refractivity contribution is 7.21. The molecule has 0 spiro atoms. The van der Waals surface area contributed by atoms with Crippen molar-refractivity contribution in [1.29, 1.82) is 0 Å². The van der Waals surface area contributed by atoms with E-state index in [2.05, 4.69) is 4.98 Å². The van der Waals surface area contributed by atoms with Gasteiger partial charge >= 0.3 is 5.97 Å². The summed E-state index contributed by atoms with van der Waals surface area (Å²) in [5, 5.41) is 9.32. The zero-order valence-corrected chi connectivity index (χ0v) is 13.5. The van der Waals surface area contributed by atoms with Gasteiger partial charge in [0.15, 0.2) is 0 Å². The molecule has 0 saturated heterocycles. The monoisotopic (exact) mass is 328 g/mol. The van der Waals surface area contributed by atoms with Gasteiger partial charge in [-0.05, 0) is 25.0 Å². The fourth-order valence-electron chi connectivity index (χ4n) is 2.51. The number of fused-ring (bicyclic) bond motifs is 1. The van der Waals surface area contributed by atoms with Gasteiger partial charge < -0.3 is 5.11 Å². The van der Waals surface area contributed by atoms with Crippen LogP contribution in [0.4, 0.5) is 0 Å². The summed E-state index contributed by atoms with van der Waals surface area (Å²) in [7, 11) is 0. The molecule has 2 heterocycles. The Kier molecular flexibility index (Phi) is 4.25. The second-order valence-electron chi connectivity index (χ2n) is 5.31. The summed E-state index contributed by atoms with van der Waals surface area (Å²) in [6.45, 7) is 2.15. The van der Waals surface area contributed by atoms with Gasteiger partial charge in [-0.3, -0.25) is 14.2 Å². The van der Waals surface area contributed by atoms with Crippen LogP contribution >= 0.6 is 11.3 Å². The number of nitrogens with zero attached hydrogens (tertiary/aromatic N) is 2. The highest BCUT2D eigenvalue weighted by atomic mass is 32.1. The molecular formula is C17H16N2O3S. The van der Waals surface area contributed by atoms with Crippen LogP contribution in [0, 0.1) is 6.92 Å². The molecule has 1 N–H and O–H groups in total. The van der Waals surface area contributed by atoms with E-state index >= 15 is 0 Å². The quantitative estimate of drug-likeness (QED) is 0.780. The van der Waals surface area contributed by atoms with Crippen molar-refractivity contribution in [3.05, 3.63) is 52.6 Å². The summed E-state index contributed by atoms with van der Waals surface area (Å²) >= 11 is 1.50. The Labute approximate surface area is 136 Å². The summed E-state index contributed by atoms with van der Waals surface area (Å²) in [5.41, 5.74) is 0.960. The van der Waals surface area contributed by atoms with Crippen molar-refractivity contribution in [2.24, 2.45) is 0 Å². The predicted octanol–water partition coefficient (Wildman–Crippen LogP) is 3.30. The van der Waals surface area contributed by atoms with Crippen LogP contribution in [0.1, 0.15) is 18.7 Å². The average molecular weight is 328 g/mol. The van der Waals surface area contributed by atoms with Crippen LogP contribution in [0.15, 0.2) is 41.2 Å². The van der Waals surface area contributed by atoms with E-state index in [1.165, 1.54) is 11.3 Å². The summed E-state index contributed by atoms with van der Waals surface area (Å²) in [5.74, 6) is -0.235. The van der Waals surface area contributed by atoms with Crippen molar-refractivity contribution in [1.82, 2.24) is 9.55 Å². The van der Waals surface area contributed by atoms with Crippen LogP contribution in [0.25, 0.3) is 20.7 Å². The van der Waals surface area contributed by atoms with E-state index < -0.39 is 5.97 Å². The molecule has 5 nitrogen and oxygen atoms in total. The summed E-state index contributed by atoms with van der Waals surface area (Å²) < 4.78 is 1.56. The van der Waals surface area contributed by atoms with E-state index in [1.807, 2.05) is 36.4 Å². The zero-order valence-electron chi connectivity index (χ0n) is 12.7. The van der Waals surface area contributed by atoms with Gasteiger partial charge in [0.1, 0.15) is 10.7 Å². The zero-order chi connectivity index (χ0) is 16.4. The molecule has 0 atom stereocenters. The minimum absolute atomic E-state index is 0.0445. The van der Waals surface area contributed by atoms with E-state index in [9.17, 15) is 9.59 Å². The number of aryl methyl sites for hydroxylation is 1. The van der Waals surface area contributed by atoms with Gasteiger partial charge in [-0.2, -0.15) is 0 Å². The molecule has 0 radical (unpaired) electrons. The van der Waals surface area contributed by atoms with E-state index in [0.29, 0.717) is 24.2 Å². The van der Waals surface area contributed by atoms with Gasteiger partial charge in [-0.15, -0.1) is 11.3 Å². The Bertz CT molecular complexity index is 913. The lowest BCUT2D eigenvalue weighted by atomic mass is 10.2. The third kappa shape index (κ3) is 3.17. The van der Waals surface area contributed by atoms with Gasteiger partial charge in [-0.1, -0.05) is 30.3 Å². The van der Waals surface area contributed by atoms with Crippen molar-refractivity contribution >= 4 is 27.5 Å². The molecular weight excluding hydrogens is 312 g/mol. The topological polar surface area (TPSA) is 72.2 Å². The van der Waals surface area contributed by atoms with Crippen molar-refractivity contribution in [3.8, 4) is 10.4 Å². The summed E-state index contributed by atoms with van der Waals surface area (Å²) in [4.78, 5) is 29.5. The van der Waals surface area contributed by atoms with Crippen molar-refractivity contribution in [2.75, 3.05) is 0 Å². The number of carboxylic acids is 1. The molecule has 0 aliphatic carbocycles. The first kappa shape index (κ1) is 15.4. The van der Waals surface area contributed by atoms with Crippen molar-refractivity contribution in [3.63, 3.8) is 0 Å². The largest absolute Gasteiger partial charge is 0.481 e. The van der Waals surface area contributed by atoms with Crippen molar-refractivity contribution in [2.45, 2.75) is 26.3 Å². The molecule has 0 amide bonds. The van der Waals surface area contributed by atoms with Gasteiger partial charge in [0.05, 0.1) is 5.39 Å². The fraction of sp³-hybridized carbons (Fsp3) is 0.235. The molecule has 0 fully saturated rings. The van der Waals surface area contributed by atoms with Crippen LogP contribution in [-0.4, -0.2) is 20.6 Å². The van der Waals surface area contributed by atoms with Crippen molar-refractivity contribution < 1.29 is 9.90 Å². The Hall–Kier alpha value is -2.47. The van der Waals surface area contributed by atoms with Crippen LogP contribution in [0.3, 0.4) is 0 Å². The molecule has 0 saturated carbocycles. The first-order valence-corrected chi connectivity index (χ1v) is 8.16. The number of thiophene rings is 1. The molecule has 0 aliphatic heterocycles. The number of benzene rings is 1. The Balaban J connectivity index is 2.01.